The molecule has 0 atom stereocenters. The normalized spacial score (nSPS) is 10.5. The lowest BCUT2D eigenvalue weighted by Crippen LogP contribution is -2.35. The SMILES string of the molecule is Cc1ccc(-[n+]2noc([O-])c2SCC(=O)Nc2sc(C(=O)Nc3ccccc3)c(C)c2C#N)cc1. The van der Waals surface area contributed by atoms with Crippen molar-refractivity contribution < 1.29 is 23.9 Å². The van der Waals surface area contributed by atoms with Crippen LogP contribution in [0.2, 0.25) is 0 Å². The van der Waals surface area contributed by atoms with Crippen LogP contribution < -0.4 is 20.4 Å². The van der Waals surface area contributed by atoms with E-state index in [4.69, 9.17) is 4.52 Å². The number of anilines is 2. The zero-order valence-electron chi connectivity index (χ0n) is 18.7. The fourth-order valence-electron chi connectivity index (χ4n) is 3.17. The molecule has 2 heterocycles. The van der Waals surface area contributed by atoms with E-state index >= 15 is 0 Å². The number of thioether (sulfide) groups is 1. The van der Waals surface area contributed by atoms with Crippen molar-refractivity contribution in [2.24, 2.45) is 0 Å². The summed E-state index contributed by atoms with van der Waals surface area (Å²) in [4.78, 5) is 25.7. The summed E-state index contributed by atoms with van der Waals surface area (Å²) >= 11 is 1.98. The summed E-state index contributed by atoms with van der Waals surface area (Å²) in [6, 6.07) is 18.3. The molecule has 0 saturated heterocycles. The van der Waals surface area contributed by atoms with Crippen LogP contribution in [0, 0.1) is 25.2 Å². The molecular formula is C24H19N5O4S2. The van der Waals surface area contributed by atoms with Crippen LogP contribution in [-0.2, 0) is 4.79 Å². The smallest absolute Gasteiger partial charge is 0.298 e. The predicted octanol–water partition coefficient (Wildman–Crippen LogP) is 3.56. The van der Waals surface area contributed by atoms with E-state index in [2.05, 4.69) is 22.0 Å². The van der Waals surface area contributed by atoms with Crippen LogP contribution in [0.15, 0.2) is 64.1 Å². The van der Waals surface area contributed by atoms with E-state index in [0.717, 1.165) is 28.7 Å². The number of nitrogens with one attached hydrogen (secondary N) is 2. The number of nitriles is 1. The van der Waals surface area contributed by atoms with Gasteiger partial charge in [0.05, 0.1) is 21.5 Å². The summed E-state index contributed by atoms with van der Waals surface area (Å²) in [6.07, 6.45) is 0. The van der Waals surface area contributed by atoms with E-state index in [-0.39, 0.29) is 27.3 Å². The highest BCUT2D eigenvalue weighted by molar-refractivity contribution is 7.99. The van der Waals surface area contributed by atoms with E-state index in [1.54, 1.807) is 43.3 Å². The Balaban J connectivity index is 1.47. The molecule has 35 heavy (non-hydrogen) atoms. The molecule has 0 unspecified atom stereocenters. The van der Waals surface area contributed by atoms with Crippen LogP contribution in [0.5, 0.6) is 5.95 Å². The molecular weight excluding hydrogens is 486 g/mol. The first-order chi connectivity index (χ1) is 16.9. The van der Waals surface area contributed by atoms with Crippen LogP contribution >= 0.6 is 23.1 Å². The molecule has 0 aliphatic rings. The van der Waals surface area contributed by atoms with Crippen LogP contribution in [-0.4, -0.2) is 22.8 Å². The van der Waals surface area contributed by atoms with Crippen LogP contribution in [0.25, 0.3) is 5.69 Å². The van der Waals surface area contributed by atoms with Crippen LogP contribution in [0.4, 0.5) is 10.7 Å². The van der Waals surface area contributed by atoms with E-state index in [9.17, 15) is 20.0 Å². The van der Waals surface area contributed by atoms with Crippen molar-refractivity contribution in [2.75, 3.05) is 16.4 Å². The number of carbonyl (C=O) groups is 2. The molecule has 4 aromatic rings. The largest absolute Gasteiger partial charge is 0.538 e. The number of carbonyl (C=O) groups excluding carboxylic acids is 2. The quantitative estimate of drug-likeness (QED) is 0.290. The Hall–Kier alpha value is -4.14. The van der Waals surface area contributed by atoms with Gasteiger partial charge in [-0.2, -0.15) is 5.26 Å². The maximum absolute atomic E-state index is 12.7. The highest BCUT2D eigenvalue weighted by Crippen LogP contribution is 2.33. The molecule has 2 N–H and O–H groups in total. The standard InChI is InChI=1S/C24H19N5O4S2/c1-14-8-10-17(11-9-14)29-23(24(32)33-28-29)34-13-19(30)27-22-18(12-25)15(2)20(35-22)21(31)26-16-6-4-3-5-7-16/h3-11H,13H2,1-2H3,(H2-,26,27,28,30,31,32). The first-order valence-corrected chi connectivity index (χ1v) is 12.2. The zero-order valence-corrected chi connectivity index (χ0v) is 20.3. The third-order valence-corrected chi connectivity index (χ3v) is 7.17. The number of hydrogen-bond donors (Lipinski definition) is 2. The maximum atomic E-state index is 12.7. The minimum Gasteiger partial charge on any atom is -0.538 e. The molecule has 0 aliphatic carbocycles. The second-order valence-electron chi connectivity index (χ2n) is 7.44. The van der Waals surface area contributed by atoms with Gasteiger partial charge in [-0.25, -0.2) is 0 Å². The Kier molecular flexibility index (Phi) is 7.14. The molecule has 0 spiro atoms. The Morgan fingerprint density at radius 1 is 1.14 bits per heavy atom. The average molecular weight is 506 g/mol. The Labute approximate surface area is 209 Å². The summed E-state index contributed by atoms with van der Waals surface area (Å²) < 4.78 is 6.12. The summed E-state index contributed by atoms with van der Waals surface area (Å²) in [5.41, 5.74) is 2.99. The van der Waals surface area contributed by atoms with Crippen LogP contribution in [0.1, 0.15) is 26.4 Å². The van der Waals surface area contributed by atoms with Gasteiger partial charge in [-0.1, -0.05) is 35.9 Å². The molecule has 2 aromatic heterocycles. The van der Waals surface area contributed by atoms with E-state index in [0.29, 0.717) is 21.8 Å². The van der Waals surface area contributed by atoms with E-state index in [1.165, 1.54) is 4.68 Å². The highest BCUT2D eigenvalue weighted by Gasteiger charge is 2.24. The lowest BCUT2D eigenvalue weighted by Gasteiger charge is -2.03. The summed E-state index contributed by atoms with van der Waals surface area (Å²) in [5, 5.41) is 31.4. The predicted molar refractivity (Wildman–Crippen MR) is 130 cm³/mol. The van der Waals surface area contributed by atoms with Gasteiger partial charge in [0, 0.05) is 17.8 Å². The maximum Gasteiger partial charge on any atom is 0.298 e. The average Bonchev–Trinajstić information content (AvgIpc) is 3.37. The number of benzene rings is 2. The Morgan fingerprint density at radius 3 is 2.54 bits per heavy atom. The van der Waals surface area contributed by atoms with Crippen molar-refractivity contribution in [3.8, 4) is 17.7 Å². The van der Waals surface area contributed by atoms with Gasteiger partial charge >= 0.3 is 0 Å². The second kappa shape index (κ2) is 10.4. The van der Waals surface area contributed by atoms with Gasteiger partial charge in [-0.15, -0.1) is 11.3 Å². The topological polar surface area (TPSA) is 135 Å². The molecule has 0 radical (unpaired) electrons. The van der Waals surface area contributed by atoms with Crippen molar-refractivity contribution in [2.45, 2.75) is 18.9 Å². The lowest BCUT2D eigenvalue weighted by atomic mass is 10.1. The van der Waals surface area contributed by atoms with Crippen molar-refractivity contribution in [1.29, 1.82) is 5.26 Å². The molecule has 2 aromatic carbocycles. The number of para-hydroxylation sites is 1. The summed E-state index contributed by atoms with van der Waals surface area (Å²) in [7, 11) is 0. The minimum absolute atomic E-state index is 0.129. The van der Waals surface area contributed by atoms with Crippen molar-refractivity contribution in [3.63, 3.8) is 0 Å². The molecule has 0 saturated carbocycles. The molecule has 11 heteroatoms. The third-order valence-electron chi connectivity index (χ3n) is 4.94. The van der Waals surface area contributed by atoms with Crippen molar-refractivity contribution in [1.82, 2.24) is 5.27 Å². The van der Waals surface area contributed by atoms with Gasteiger partial charge in [-0.3, -0.25) is 9.59 Å². The fourth-order valence-corrected chi connectivity index (χ4v) is 4.99. The monoisotopic (exact) mass is 505 g/mol. The first-order valence-electron chi connectivity index (χ1n) is 10.4. The summed E-state index contributed by atoms with van der Waals surface area (Å²) in [5.74, 6) is -1.60. The molecule has 0 bridgehead atoms. The van der Waals surface area contributed by atoms with E-state index in [1.807, 2.05) is 25.1 Å². The molecule has 176 valence electrons. The number of aryl methyl sites for hydroxylation is 1. The van der Waals surface area contributed by atoms with Gasteiger partial charge < -0.3 is 20.3 Å². The number of rotatable bonds is 7. The van der Waals surface area contributed by atoms with Crippen molar-refractivity contribution in [3.05, 3.63) is 76.2 Å². The zero-order chi connectivity index (χ0) is 24.9. The van der Waals surface area contributed by atoms with Crippen molar-refractivity contribution >= 4 is 45.6 Å². The molecule has 0 aliphatic heterocycles. The lowest BCUT2D eigenvalue weighted by molar-refractivity contribution is -0.705. The summed E-state index contributed by atoms with van der Waals surface area (Å²) in [6.45, 7) is 3.60. The molecule has 9 nitrogen and oxygen atoms in total. The number of hydrogen-bond acceptors (Lipinski definition) is 8. The number of amides is 2. The fraction of sp³-hybridized carbons (Fsp3) is 0.125. The molecule has 4 rings (SSSR count). The number of thiophene rings is 1. The van der Waals surface area contributed by atoms with Crippen LogP contribution in [0.3, 0.4) is 0 Å². The number of aromatic nitrogens is 2. The molecule has 2 amide bonds. The van der Waals surface area contributed by atoms with E-state index < -0.39 is 11.9 Å². The van der Waals surface area contributed by atoms with Gasteiger partial charge in [0.15, 0.2) is 5.95 Å². The Morgan fingerprint density at radius 2 is 1.86 bits per heavy atom. The van der Waals surface area contributed by atoms with Gasteiger partial charge in [0.25, 0.3) is 10.9 Å². The second-order valence-corrected chi connectivity index (χ2v) is 9.43. The minimum atomic E-state index is -0.659. The Bertz CT molecular complexity index is 1420. The molecule has 0 fully saturated rings. The first kappa shape index (κ1) is 24.0. The number of nitrogens with zero attached hydrogens (tertiary/aromatic N) is 3. The van der Waals surface area contributed by atoms with Gasteiger partial charge in [-0.05, 0) is 48.0 Å². The third kappa shape index (κ3) is 5.34. The highest BCUT2D eigenvalue weighted by atomic mass is 32.2. The van der Waals surface area contributed by atoms with Gasteiger partial charge in [0.2, 0.25) is 11.6 Å². The van der Waals surface area contributed by atoms with Gasteiger partial charge in [0.1, 0.15) is 11.1 Å².